The van der Waals surface area contributed by atoms with Gasteiger partial charge in [-0.25, -0.2) is 8.78 Å². The van der Waals surface area contributed by atoms with Crippen LogP contribution < -0.4 is 14.5 Å². The fraction of sp³-hybridized carbons (Fsp3) is 0.533. The smallest absolute Gasteiger partial charge is 0.318 e. The second-order valence-corrected chi connectivity index (χ2v) is 11.8. The number of hydrogen-bond acceptors (Lipinski definition) is 9. The fourth-order valence-corrected chi connectivity index (χ4v) is 6.43. The molecule has 0 bridgehead atoms. The topological polar surface area (TPSA) is 114 Å². The number of ether oxygens (including phenoxy) is 1. The number of aromatic nitrogens is 4. The Hall–Kier alpha value is -3.84. The zero-order valence-electron chi connectivity index (χ0n) is 24.8. The van der Waals surface area contributed by atoms with Crippen molar-refractivity contribution in [3.05, 3.63) is 46.8 Å². The number of aryl methyl sites for hydroxylation is 1. The third-order valence-electron chi connectivity index (χ3n) is 8.87. The van der Waals surface area contributed by atoms with E-state index in [0.717, 1.165) is 40.2 Å². The molecule has 0 saturated carbocycles. The molecule has 3 aromatic rings. The van der Waals surface area contributed by atoms with E-state index in [4.69, 9.17) is 19.8 Å². The molecule has 43 heavy (non-hydrogen) atoms. The summed E-state index contributed by atoms with van der Waals surface area (Å²) in [6.07, 6.45) is 5.15. The van der Waals surface area contributed by atoms with Gasteiger partial charge in [0.15, 0.2) is 0 Å². The number of piperazine rings is 1. The molecule has 6 rings (SSSR count). The van der Waals surface area contributed by atoms with Gasteiger partial charge in [0.1, 0.15) is 12.4 Å². The number of carbonyl (C=O) groups excluding carboxylic acids is 1. The zero-order chi connectivity index (χ0) is 30.3. The predicted octanol–water partition coefficient (Wildman–Crippen LogP) is 2.45. The molecule has 0 unspecified atom stereocenters. The summed E-state index contributed by atoms with van der Waals surface area (Å²) in [5, 5.41) is 17.4. The Kier molecular flexibility index (Phi) is 7.94. The van der Waals surface area contributed by atoms with Crippen molar-refractivity contribution >= 4 is 28.3 Å². The number of likely N-dealkylation sites (N-methyl/N-ethyl adjacent to an activating group) is 1. The molecule has 0 aliphatic carbocycles. The van der Waals surface area contributed by atoms with E-state index in [0.29, 0.717) is 39.1 Å². The number of aliphatic hydroxyl groups is 1. The Balaban J connectivity index is 1.29. The van der Waals surface area contributed by atoms with E-state index >= 15 is 0 Å². The molecule has 3 aliphatic heterocycles. The standard InChI is InChI=1S/C30H38F2N8O3/c1-19-13-24-23(15-33-36-24)27(20(19)2)40-7-6-22-25(16-40)34-29(43-17-21-14-30(31,32)18-37(21)3)35-28(22)39-10-8-38(9-11-39)26(42)5-4-12-41/h4-5,13,15,21,41H,6-12,14,16-18H2,1-3H3,(H,33,36)/b5-4+/t21-/m0/s1. The van der Waals surface area contributed by atoms with Crippen molar-refractivity contribution in [3.8, 4) is 6.01 Å². The van der Waals surface area contributed by atoms with Gasteiger partial charge in [-0.15, -0.1) is 0 Å². The molecule has 2 fully saturated rings. The number of nitrogens with zero attached hydrogens (tertiary/aromatic N) is 7. The number of amides is 1. The normalized spacial score (nSPS) is 20.8. The average Bonchev–Trinajstić information content (AvgIpc) is 3.56. The quantitative estimate of drug-likeness (QED) is 0.397. The summed E-state index contributed by atoms with van der Waals surface area (Å²) in [4.78, 5) is 30.0. The van der Waals surface area contributed by atoms with E-state index in [2.05, 4.69) is 39.9 Å². The van der Waals surface area contributed by atoms with Gasteiger partial charge in [0, 0.05) is 62.2 Å². The van der Waals surface area contributed by atoms with Crippen LogP contribution in [0.2, 0.25) is 0 Å². The maximum atomic E-state index is 14.0. The fourth-order valence-electron chi connectivity index (χ4n) is 6.43. The van der Waals surface area contributed by atoms with E-state index in [9.17, 15) is 13.6 Å². The molecule has 11 nitrogen and oxygen atoms in total. The first-order chi connectivity index (χ1) is 20.6. The Bertz CT molecular complexity index is 1540. The number of H-pyrrole nitrogens is 1. The van der Waals surface area contributed by atoms with Crippen molar-refractivity contribution in [2.24, 2.45) is 0 Å². The lowest BCUT2D eigenvalue weighted by molar-refractivity contribution is -0.126. The molecule has 2 saturated heterocycles. The third kappa shape index (κ3) is 5.87. The minimum atomic E-state index is -2.74. The molecule has 5 heterocycles. The highest BCUT2D eigenvalue weighted by Crippen LogP contribution is 2.37. The van der Waals surface area contributed by atoms with Crippen LogP contribution in [0.5, 0.6) is 6.01 Å². The largest absolute Gasteiger partial charge is 0.462 e. The highest BCUT2D eigenvalue weighted by atomic mass is 19.3. The molecule has 1 atom stereocenters. The monoisotopic (exact) mass is 596 g/mol. The Morgan fingerprint density at radius 1 is 1.19 bits per heavy atom. The Labute approximate surface area is 249 Å². The lowest BCUT2D eigenvalue weighted by Crippen LogP contribution is -2.49. The molecule has 13 heteroatoms. The molecular formula is C30H38F2N8O3. The number of aliphatic hydroxyl groups excluding tert-OH is 1. The summed E-state index contributed by atoms with van der Waals surface area (Å²) in [6, 6.07) is 1.86. The van der Waals surface area contributed by atoms with Crippen LogP contribution in [-0.4, -0.2) is 112 Å². The summed E-state index contributed by atoms with van der Waals surface area (Å²) >= 11 is 0. The number of carbonyl (C=O) groups is 1. The number of fused-ring (bicyclic) bond motifs is 2. The Morgan fingerprint density at radius 2 is 1.98 bits per heavy atom. The van der Waals surface area contributed by atoms with Crippen molar-refractivity contribution in [2.75, 3.05) is 69.3 Å². The molecule has 230 valence electrons. The van der Waals surface area contributed by atoms with Gasteiger partial charge in [0.2, 0.25) is 5.91 Å². The summed E-state index contributed by atoms with van der Waals surface area (Å²) in [7, 11) is 1.68. The van der Waals surface area contributed by atoms with Gasteiger partial charge in [-0.2, -0.15) is 15.1 Å². The molecule has 2 N–H and O–H groups in total. The van der Waals surface area contributed by atoms with Gasteiger partial charge < -0.3 is 24.5 Å². The number of rotatable bonds is 7. The molecule has 0 radical (unpaired) electrons. The number of likely N-dealkylation sites (tertiary alicyclic amines) is 1. The van der Waals surface area contributed by atoms with E-state index in [1.807, 2.05) is 6.20 Å². The van der Waals surface area contributed by atoms with Crippen LogP contribution in [0.25, 0.3) is 10.9 Å². The van der Waals surface area contributed by atoms with E-state index in [-0.39, 0.29) is 38.1 Å². The van der Waals surface area contributed by atoms with Crippen LogP contribution in [0.4, 0.5) is 20.3 Å². The van der Waals surface area contributed by atoms with Crippen LogP contribution >= 0.6 is 0 Å². The minimum absolute atomic E-state index is 0.0696. The summed E-state index contributed by atoms with van der Waals surface area (Å²) < 4.78 is 34.1. The lowest BCUT2D eigenvalue weighted by atomic mass is 9.99. The first-order valence-corrected chi connectivity index (χ1v) is 14.7. The van der Waals surface area contributed by atoms with Gasteiger partial charge in [0.05, 0.1) is 42.8 Å². The molecule has 1 amide bonds. The molecule has 1 aromatic carbocycles. The van der Waals surface area contributed by atoms with Crippen molar-refractivity contribution < 1.29 is 23.4 Å². The van der Waals surface area contributed by atoms with Crippen LogP contribution in [0, 0.1) is 13.8 Å². The summed E-state index contributed by atoms with van der Waals surface area (Å²) in [5.41, 5.74) is 6.35. The highest BCUT2D eigenvalue weighted by molar-refractivity contribution is 5.94. The predicted molar refractivity (Wildman–Crippen MR) is 159 cm³/mol. The number of anilines is 2. The number of hydrogen-bond donors (Lipinski definition) is 2. The highest BCUT2D eigenvalue weighted by Gasteiger charge is 2.43. The number of halogens is 2. The van der Waals surface area contributed by atoms with Gasteiger partial charge in [-0.3, -0.25) is 14.8 Å². The Morgan fingerprint density at radius 3 is 2.70 bits per heavy atom. The number of nitrogens with one attached hydrogen (secondary N) is 1. The summed E-state index contributed by atoms with van der Waals surface area (Å²) in [6.45, 7) is 7.30. The van der Waals surface area contributed by atoms with E-state index in [1.165, 1.54) is 23.3 Å². The second-order valence-electron chi connectivity index (χ2n) is 11.8. The SMILES string of the molecule is Cc1cc2[nH]ncc2c(N2CCc3c(nc(OC[C@@H]4CC(F)(F)CN4C)nc3N3CCN(C(=O)/C=C/CO)CC3)C2)c1C. The van der Waals surface area contributed by atoms with Crippen LogP contribution in [0.15, 0.2) is 24.4 Å². The molecule has 2 aromatic heterocycles. The minimum Gasteiger partial charge on any atom is -0.462 e. The van der Waals surface area contributed by atoms with Gasteiger partial charge >= 0.3 is 6.01 Å². The second kappa shape index (κ2) is 11.7. The van der Waals surface area contributed by atoms with Crippen LogP contribution in [0.3, 0.4) is 0 Å². The van der Waals surface area contributed by atoms with Gasteiger partial charge in [-0.1, -0.05) is 6.08 Å². The van der Waals surface area contributed by atoms with Crippen molar-refractivity contribution in [2.45, 2.75) is 45.2 Å². The van der Waals surface area contributed by atoms with Crippen molar-refractivity contribution in [1.29, 1.82) is 0 Å². The van der Waals surface area contributed by atoms with Crippen LogP contribution in [-0.2, 0) is 17.8 Å². The van der Waals surface area contributed by atoms with Gasteiger partial charge in [0.25, 0.3) is 5.92 Å². The van der Waals surface area contributed by atoms with E-state index < -0.39 is 12.0 Å². The third-order valence-corrected chi connectivity index (χ3v) is 8.87. The molecular weight excluding hydrogens is 558 g/mol. The molecule has 0 spiro atoms. The lowest BCUT2D eigenvalue weighted by Gasteiger charge is -2.38. The van der Waals surface area contributed by atoms with Gasteiger partial charge in [-0.05, 0) is 44.5 Å². The maximum absolute atomic E-state index is 14.0. The summed E-state index contributed by atoms with van der Waals surface area (Å²) in [5.74, 6) is -2.09. The van der Waals surface area contributed by atoms with E-state index in [1.54, 1.807) is 16.8 Å². The number of alkyl halides is 2. The number of aromatic amines is 1. The zero-order valence-corrected chi connectivity index (χ0v) is 24.8. The first kappa shape index (κ1) is 29.2. The molecule has 3 aliphatic rings. The van der Waals surface area contributed by atoms with Crippen molar-refractivity contribution in [1.82, 2.24) is 30.0 Å². The van der Waals surface area contributed by atoms with Crippen molar-refractivity contribution in [3.63, 3.8) is 0 Å². The number of benzene rings is 1. The maximum Gasteiger partial charge on any atom is 0.318 e. The first-order valence-electron chi connectivity index (χ1n) is 14.7. The van der Waals surface area contributed by atoms with Crippen LogP contribution in [0.1, 0.15) is 28.8 Å². The average molecular weight is 597 g/mol.